The Morgan fingerprint density at radius 3 is 1.47 bits per heavy atom. The van der Waals surface area contributed by atoms with Crippen molar-refractivity contribution >= 4 is 45.6 Å². The van der Waals surface area contributed by atoms with Crippen LogP contribution in [0.25, 0.3) is 55.3 Å². The van der Waals surface area contributed by atoms with E-state index in [-0.39, 0.29) is 64.9 Å². The maximum Gasteiger partial charge on any atom is 0.329 e. The number of hydrogen-bond acceptors (Lipinski definition) is 11. The zero-order valence-electron chi connectivity index (χ0n) is 39.3. The molecule has 368 valence electrons. The highest BCUT2D eigenvalue weighted by Crippen LogP contribution is 2.40. The topological polar surface area (TPSA) is 256 Å². The van der Waals surface area contributed by atoms with E-state index >= 15 is 0 Å². The molecule has 11 rings (SSSR count). The van der Waals surface area contributed by atoms with Gasteiger partial charge in [0, 0.05) is 39.9 Å². The largest absolute Gasteiger partial charge is 0.505 e. The monoisotopic (exact) mass is 987 g/mol. The van der Waals surface area contributed by atoms with E-state index in [9.17, 15) is 49.2 Å². The predicted molar refractivity (Wildman–Crippen MR) is 275 cm³/mol. The number of rotatable bonds is 13. The van der Waals surface area contributed by atoms with Crippen LogP contribution in [0, 0.1) is 0 Å². The van der Waals surface area contributed by atoms with Gasteiger partial charge in [0.05, 0.1) is 36.0 Å². The van der Waals surface area contributed by atoms with Gasteiger partial charge in [-0.05, 0) is 72.2 Å². The molecule has 17 nitrogen and oxygen atoms in total. The summed E-state index contributed by atoms with van der Waals surface area (Å²) in [6.07, 6.45) is 5.72. The Kier molecular flexibility index (Phi) is 12.6. The van der Waals surface area contributed by atoms with Crippen LogP contribution in [-0.2, 0) is 22.7 Å². The molecule has 2 amide bonds. The summed E-state index contributed by atoms with van der Waals surface area (Å²) in [5, 5.41) is 47.0. The van der Waals surface area contributed by atoms with Gasteiger partial charge in [0.1, 0.15) is 11.1 Å². The van der Waals surface area contributed by atoms with Crippen molar-refractivity contribution in [3.8, 4) is 45.0 Å². The van der Waals surface area contributed by atoms with Crippen LogP contribution < -0.4 is 21.8 Å². The molecule has 0 aliphatic heterocycles. The van der Waals surface area contributed by atoms with E-state index in [1.54, 1.807) is 65.5 Å². The van der Waals surface area contributed by atoms with Crippen molar-refractivity contribution in [2.24, 2.45) is 0 Å². The summed E-state index contributed by atoms with van der Waals surface area (Å²) in [5.41, 5.74) is 1.35. The zero-order chi connectivity index (χ0) is 51.7. The van der Waals surface area contributed by atoms with Crippen molar-refractivity contribution in [1.29, 1.82) is 0 Å². The Morgan fingerprint density at radius 1 is 0.541 bits per heavy atom. The summed E-state index contributed by atoms with van der Waals surface area (Å²) in [4.78, 5) is 89.8. The summed E-state index contributed by atoms with van der Waals surface area (Å²) in [6.45, 7) is 0.421. The first kappa shape index (κ1) is 47.9. The zero-order valence-corrected chi connectivity index (χ0v) is 39.3. The molecule has 2 aliphatic carbocycles. The van der Waals surface area contributed by atoms with Crippen molar-refractivity contribution in [1.82, 2.24) is 34.7 Å². The Bertz CT molecular complexity index is 3790. The number of hydrogen-bond donors (Lipinski definition) is 6. The number of benzene rings is 4. The molecule has 9 aromatic rings. The van der Waals surface area contributed by atoms with Gasteiger partial charge in [0.15, 0.2) is 22.9 Å². The van der Waals surface area contributed by atoms with E-state index in [2.05, 4.69) is 25.6 Å². The maximum absolute atomic E-state index is 14.1. The summed E-state index contributed by atoms with van der Waals surface area (Å²) in [6, 6.07) is 43.5. The van der Waals surface area contributed by atoms with Crippen LogP contribution in [0.15, 0.2) is 174 Å². The lowest BCUT2D eigenvalue weighted by atomic mass is 10.0. The molecule has 0 bridgehead atoms. The van der Waals surface area contributed by atoms with Gasteiger partial charge in [-0.15, -0.1) is 0 Å². The van der Waals surface area contributed by atoms with Gasteiger partial charge in [-0.3, -0.25) is 24.2 Å². The van der Waals surface area contributed by atoms with Gasteiger partial charge in [-0.25, -0.2) is 19.6 Å². The smallest absolute Gasteiger partial charge is 0.329 e. The molecule has 5 aromatic heterocycles. The molecule has 5 heterocycles. The molecule has 17 heteroatoms. The van der Waals surface area contributed by atoms with Crippen LogP contribution in [0.1, 0.15) is 57.8 Å². The number of carbonyl (C=O) groups is 4. The minimum Gasteiger partial charge on any atom is -0.505 e. The minimum absolute atomic E-state index is 0.179. The fourth-order valence-electron chi connectivity index (χ4n) is 8.88. The highest BCUT2D eigenvalue weighted by atomic mass is 16.4. The molecule has 6 N–H and O–H groups in total. The third kappa shape index (κ3) is 9.20. The van der Waals surface area contributed by atoms with E-state index in [4.69, 9.17) is 0 Å². The van der Waals surface area contributed by atoms with E-state index in [0.717, 1.165) is 11.1 Å². The second-order valence-electron chi connectivity index (χ2n) is 18.2. The van der Waals surface area contributed by atoms with Gasteiger partial charge in [0.2, 0.25) is 0 Å². The fraction of sp³-hybridized carbons (Fsp3) is 0.140. The maximum atomic E-state index is 14.1. The Hall–Kier alpha value is -9.77. The number of aromatic hydroxyl groups is 2. The predicted octanol–water partition coefficient (Wildman–Crippen LogP) is 7.39. The SMILES string of the molecule is O=C(NC1(C(=O)O)CC1)c1nc(-c2cccnc2)c2c(cc(-c3ccccc3)c(=O)n2Cc2ccccc2)c1O.O=C(NC1(C(=O)O)CC1)c1ncc2c(cc(-c3ccccc3)c(=O)n2Cc2ccccc2)c1O. The molecular weight excluding hydrogens is 943 g/mol. The van der Waals surface area contributed by atoms with Crippen molar-refractivity contribution < 1.29 is 39.6 Å². The van der Waals surface area contributed by atoms with Crippen molar-refractivity contribution in [2.75, 3.05) is 0 Å². The van der Waals surface area contributed by atoms with E-state index in [1.165, 1.54) is 10.8 Å². The van der Waals surface area contributed by atoms with Crippen LogP contribution in [0.5, 0.6) is 11.5 Å². The molecule has 2 aliphatic rings. The highest BCUT2D eigenvalue weighted by molar-refractivity contribution is 6.07. The number of carboxylic acids is 2. The van der Waals surface area contributed by atoms with Crippen LogP contribution in [-0.4, -0.2) is 79.3 Å². The first-order chi connectivity index (χ1) is 35.8. The Morgan fingerprint density at radius 2 is 0.986 bits per heavy atom. The van der Waals surface area contributed by atoms with E-state index in [1.807, 2.05) is 97.1 Å². The normalized spacial score (nSPS) is 13.8. The molecule has 0 saturated heterocycles. The first-order valence-corrected chi connectivity index (χ1v) is 23.5. The van der Waals surface area contributed by atoms with Gasteiger partial charge in [-0.1, -0.05) is 121 Å². The molecule has 0 atom stereocenters. The summed E-state index contributed by atoms with van der Waals surface area (Å²) < 4.78 is 3.06. The Balaban J connectivity index is 0.000000172. The number of aliphatic carboxylic acids is 2. The molecule has 0 unspecified atom stereocenters. The number of aromatic nitrogens is 5. The van der Waals surface area contributed by atoms with Gasteiger partial charge < -0.3 is 40.2 Å². The average Bonchev–Trinajstić information content (AvgIpc) is 4.37. The van der Waals surface area contributed by atoms with Crippen molar-refractivity contribution in [2.45, 2.75) is 49.9 Å². The highest BCUT2D eigenvalue weighted by Gasteiger charge is 2.53. The molecule has 0 spiro atoms. The number of pyridine rings is 5. The molecule has 4 aromatic carbocycles. The standard InChI is InChI=1S/C31H24N4O5.C26H21N3O5/c36-27-23-16-22(20-10-5-2-6-11-20)29(38)35(18-19-8-3-1-4-9-19)26(23)24(21-12-7-15-32-17-21)33-25(27)28(37)34-31(13-14-31)30(39)40;30-22-19-13-18(17-9-5-2-6-10-17)24(32)29(15-16-7-3-1-4-8-16)20(19)14-27-21(22)23(31)28-26(11-12-26)25(33)34/h1-12,15-17,36H,13-14,18H2,(H,34,37)(H,39,40);1-10,13-14,30H,11-12,15H2,(H,28,31)(H,33,34). The number of carboxylic acid groups (broad SMARTS) is 2. The van der Waals surface area contributed by atoms with E-state index < -0.39 is 46.3 Å². The van der Waals surface area contributed by atoms with Crippen LogP contribution in [0.2, 0.25) is 0 Å². The molecule has 0 radical (unpaired) electrons. The molecular formula is C57H45N7O10. The quantitative estimate of drug-likeness (QED) is 0.0660. The molecule has 74 heavy (non-hydrogen) atoms. The number of nitrogens with one attached hydrogen (secondary N) is 2. The number of fused-ring (bicyclic) bond motifs is 2. The van der Waals surface area contributed by atoms with Crippen molar-refractivity contribution in [3.05, 3.63) is 207 Å². The van der Waals surface area contributed by atoms with Crippen LogP contribution in [0.3, 0.4) is 0 Å². The lowest BCUT2D eigenvalue weighted by molar-refractivity contribution is -0.141. The second kappa shape index (κ2) is 19.4. The molecule has 2 saturated carbocycles. The lowest BCUT2D eigenvalue weighted by Crippen LogP contribution is -2.43. The number of carbonyl (C=O) groups excluding carboxylic acids is 2. The number of amides is 2. The first-order valence-electron chi connectivity index (χ1n) is 23.5. The van der Waals surface area contributed by atoms with Gasteiger partial charge >= 0.3 is 11.9 Å². The van der Waals surface area contributed by atoms with Crippen molar-refractivity contribution in [3.63, 3.8) is 0 Å². The van der Waals surface area contributed by atoms with E-state index in [0.29, 0.717) is 51.7 Å². The average molecular weight is 988 g/mol. The fourth-order valence-corrected chi connectivity index (χ4v) is 8.88. The number of nitrogens with zero attached hydrogens (tertiary/aromatic N) is 5. The second-order valence-corrected chi connectivity index (χ2v) is 18.2. The summed E-state index contributed by atoms with van der Waals surface area (Å²) in [5.74, 6) is -4.70. The van der Waals surface area contributed by atoms with Gasteiger partial charge in [0.25, 0.3) is 22.9 Å². The van der Waals surface area contributed by atoms with Gasteiger partial charge in [-0.2, -0.15) is 0 Å². The summed E-state index contributed by atoms with van der Waals surface area (Å²) >= 11 is 0. The lowest BCUT2D eigenvalue weighted by Gasteiger charge is -2.19. The third-order valence-electron chi connectivity index (χ3n) is 13.3. The van der Waals surface area contributed by atoms with Crippen LogP contribution >= 0.6 is 0 Å². The summed E-state index contributed by atoms with van der Waals surface area (Å²) in [7, 11) is 0. The van der Waals surface area contributed by atoms with Crippen LogP contribution in [0.4, 0.5) is 0 Å². The minimum atomic E-state index is -1.38. The Labute approximate surface area is 420 Å². The third-order valence-corrected chi connectivity index (χ3v) is 13.3. The molecule has 2 fully saturated rings.